The number of rotatable bonds is 2. The van der Waals surface area contributed by atoms with Crippen LogP contribution in [0.2, 0.25) is 0 Å². The van der Waals surface area contributed by atoms with Gasteiger partial charge < -0.3 is 5.73 Å². The van der Waals surface area contributed by atoms with E-state index in [1.807, 2.05) is 12.3 Å². The normalized spacial score (nSPS) is 10.4. The largest absolute Gasteiger partial charge is 0.375 e. The molecular weight excluding hydrogens is 218 g/mol. The van der Waals surface area contributed by atoms with E-state index in [2.05, 4.69) is 15.4 Å². The molecule has 0 radical (unpaired) electrons. The summed E-state index contributed by atoms with van der Waals surface area (Å²) in [4.78, 5) is 9.40. The molecule has 0 saturated heterocycles. The minimum atomic E-state index is 0.563. The average Bonchev–Trinajstić information content (AvgIpc) is 2.71. The van der Waals surface area contributed by atoms with E-state index >= 15 is 0 Å². The van der Waals surface area contributed by atoms with E-state index in [0.717, 1.165) is 16.3 Å². The first-order chi connectivity index (χ1) is 6.70. The van der Waals surface area contributed by atoms with Gasteiger partial charge in [0, 0.05) is 5.38 Å². The maximum Gasteiger partial charge on any atom is 0.197 e. The maximum atomic E-state index is 5.60. The second-order valence-corrected chi connectivity index (χ2v) is 4.54. The van der Waals surface area contributed by atoms with E-state index in [1.54, 1.807) is 0 Å². The standard InChI is InChI=1S/C7H9N5S2/c1-3-5(14-6(8)10-3)4-2-13-7(11-4)12-9/h2H,9H2,1H3,(H2,8,10)(H,11,12). The van der Waals surface area contributed by atoms with Gasteiger partial charge >= 0.3 is 0 Å². The van der Waals surface area contributed by atoms with Crippen LogP contribution in [0.4, 0.5) is 10.3 Å². The molecule has 74 valence electrons. The van der Waals surface area contributed by atoms with Crippen molar-refractivity contribution in [1.29, 1.82) is 0 Å². The van der Waals surface area contributed by atoms with E-state index in [1.165, 1.54) is 22.7 Å². The maximum absolute atomic E-state index is 5.60. The Hall–Kier alpha value is -1.18. The molecule has 0 atom stereocenters. The number of nitrogens with zero attached hydrogens (tertiary/aromatic N) is 2. The van der Waals surface area contributed by atoms with Gasteiger partial charge in [0.15, 0.2) is 10.3 Å². The Morgan fingerprint density at radius 3 is 2.71 bits per heavy atom. The van der Waals surface area contributed by atoms with E-state index in [4.69, 9.17) is 11.6 Å². The smallest absolute Gasteiger partial charge is 0.197 e. The number of thiazole rings is 2. The molecule has 0 saturated carbocycles. The summed E-state index contributed by atoms with van der Waals surface area (Å²) in [5.41, 5.74) is 9.88. The average molecular weight is 227 g/mol. The van der Waals surface area contributed by atoms with Crippen molar-refractivity contribution in [3.63, 3.8) is 0 Å². The first-order valence-electron chi connectivity index (χ1n) is 3.86. The van der Waals surface area contributed by atoms with Crippen molar-refractivity contribution >= 4 is 32.9 Å². The fourth-order valence-electron chi connectivity index (χ4n) is 1.10. The summed E-state index contributed by atoms with van der Waals surface area (Å²) < 4.78 is 0. The molecule has 14 heavy (non-hydrogen) atoms. The van der Waals surface area contributed by atoms with Gasteiger partial charge in [0.05, 0.1) is 16.3 Å². The van der Waals surface area contributed by atoms with Crippen molar-refractivity contribution < 1.29 is 0 Å². The monoisotopic (exact) mass is 227 g/mol. The summed E-state index contributed by atoms with van der Waals surface area (Å²) in [7, 11) is 0. The number of hydrogen-bond donors (Lipinski definition) is 3. The number of hydrogen-bond acceptors (Lipinski definition) is 7. The van der Waals surface area contributed by atoms with Crippen LogP contribution in [-0.4, -0.2) is 9.97 Å². The quantitative estimate of drug-likeness (QED) is 0.533. The second kappa shape index (κ2) is 3.52. The van der Waals surface area contributed by atoms with Crippen LogP contribution in [0.15, 0.2) is 5.38 Å². The molecule has 0 aliphatic carbocycles. The number of anilines is 2. The second-order valence-electron chi connectivity index (χ2n) is 2.65. The molecule has 0 aliphatic rings. The third-order valence-electron chi connectivity index (χ3n) is 1.67. The molecule has 0 unspecified atom stereocenters. The van der Waals surface area contributed by atoms with Crippen LogP contribution < -0.4 is 17.0 Å². The molecule has 2 heterocycles. The van der Waals surface area contributed by atoms with E-state index in [0.29, 0.717) is 10.3 Å². The van der Waals surface area contributed by atoms with E-state index in [-0.39, 0.29) is 0 Å². The summed E-state index contributed by atoms with van der Waals surface area (Å²) >= 11 is 2.89. The van der Waals surface area contributed by atoms with Crippen molar-refractivity contribution in [3.05, 3.63) is 11.1 Å². The predicted octanol–water partition coefficient (Wildman–Crippen LogP) is 1.44. The molecule has 5 nitrogen and oxygen atoms in total. The Balaban J connectivity index is 2.43. The Bertz CT molecular complexity index is 447. The zero-order valence-corrected chi connectivity index (χ0v) is 9.08. The molecule has 0 amide bonds. The van der Waals surface area contributed by atoms with Crippen LogP contribution in [-0.2, 0) is 0 Å². The third-order valence-corrected chi connectivity index (χ3v) is 3.46. The van der Waals surface area contributed by atoms with Crippen molar-refractivity contribution in [2.24, 2.45) is 5.84 Å². The van der Waals surface area contributed by atoms with Crippen LogP contribution in [0.5, 0.6) is 0 Å². The number of nitrogen functional groups attached to an aromatic ring is 2. The molecule has 0 spiro atoms. The summed E-state index contributed by atoms with van der Waals surface area (Å²) in [5, 5.41) is 3.17. The molecule has 2 aromatic heterocycles. The van der Waals surface area contributed by atoms with Gasteiger partial charge in [0.1, 0.15) is 0 Å². The Labute approximate surface area is 88.8 Å². The third kappa shape index (κ3) is 1.57. The van der Waals surface area contributed by atoms with Crippen LogP contribution in [0.25, 0.3) is 10.6 Å². The van der Waals surface area contributed by atoms with Gasteiger partial charge in [-0.2, -0.15) is 0 Å². The molecule has 5 N–H and O–H groups in total. The lowest BCUT2D eigenvalue weighted by atomic mass is 10.3. The van der Waals surface area contributed by atoms with Gasteiger partial charge in [-0.3, -0.25) is 5.43 Å². The highest BCUT2D eigenvalue weighted by atomic mass is 32.1. The SMILES string of the molecule is Cc1nc(N)sc1-c1csc(NN)n1. The lowest BCUT2D eigenvalue weighted by Gasteiger charge is -1.91. The summed E-state index contributed by atoms with van der Waals surface area (Å²) in [6.45, 7) is 1.91. The number of nitrogens with two attached hydrogens (primary N) is 2. The van der Waals surface area contributed by atoms with Crippen molar-refractivity contribution in [1.82, 2.24) is 9.97 Å². The highest BCUT2D eigenvalue weighted by molar-refractivity contribution is 7.19. The minimum Gasteiger partial charge on any atom is -0.375 e. The summed E-state index contributed by atoms with van der Waals surface area (Å²) in [5.74, 6) is 5.25. The first-order valence-corrected chi connectivity index (χ1v) is 5.55. The van der Waals surface area contributed by atoms with Crippen LogP contribution >= 0.6 is 22.7 Å². The Morgan fingerprint density at radius 1 is 1.43 bits per heavy atom. The number of hydrazine groups is 1. The molecule has 0 aromatic carbocycles. The van der Waals surface area contributed by atoms with Crippen molar-refractivity contribution in [2.75, 3.05) is 11.2 Å². The van der Waals surface area contributed by atoms with Gasteiger partial charge in [0.25, 0.3) is 0 Å². The van der Waals surface area contributed by atoms with E-state index < -0.39 is 0 Å². The van der Waals surface area contributed by atoms with Crippen LogP contribution in [0.3, 0.4) is 0 Å². The highest BCUT2D eigenvalue weighted by Crippen LogP contribution is 2.32. The number of aryl methyl sites for hydroxylation is 1. The predicted molar refractivity (Wildman–Crippen MR) is 60.2 cm³/mol. The molecule has 2 aromatic rings. The van der Waals surface area contributed by atoms with Gasteiger partial charge in [-0.25, -0.2) is 15.8 Å². The van der Waals surface area contributed by atoms with Crippen molar-refractivity contribution in [3.8, 4) is 10.6 Å². The molecular formula is C7H9N5S2. The Morgan fingerprint density at radius 2 is 2.21 bits per heavy atom. The fraction of sp³-hybridized carbons (Fsp3) is 0.143. The zero-order chi connectivity index (χ0) is 10.1. The highest BCUT2D eigenvalue weighted by Gasteiger charge is 2.10. The van der Waals surface area contributed by atoms with Gasteiger partial charge in [-0.1, -0.05) is 11.3 Å². The first kappa shape index (κ1) is 9.38. The minimum absolute atomic E-state index is 0.563. The topological polar surface area (TPSA) is 89.8 Å². The Kier molecular flexibility index (Phi) is 2.36. The summed E-state index contributed by atoms with van der Waals surface area (Å²) in [6.07, 6.45) is 0. The van der Waals surface area contributed by atoms with Gasteiger partial charge in [0.2, 0.25) is 0 Å². The van der Waals surface area contributed by atoms with Crippen molar-refractivity contribution in [2.45, 2.75) is 6.92 Å². The number of nitrogens with one attached hydrogen (secondary N) is 1. The molecule has 0 bridgehead atoms. The zero-order valence-electron chi connectivity index (χ0n) is 7.44. The lowest BCUT2D eigenvalue weighted by Crippen LogP contribution is -2.05. The summed E-state index contributed by atoms with van der Waals surface area (Å²) in [6, 6.07) is 0. The molecule has 2 rings (SSSR count). The molecule has 0 fully saturated rings. The molecule has 7 heteroatoms. The van der Waals surface area contributed by atoms with Crippen LogP contribution in [0.1, 0.15) is 5.69 Å². The van der Waals surface area contributed by atoms with E-state index in [9.17, 15) is 0 Å². The molecule has 0 aliphatic heterocycles. The number of aromatic nitrogens is 2. The lowest BCUT2D eigenvalue weighted by molar-refractivity contribution is 1.25. The van der Waals surface area contributed by atoms with Gasteiger partial charge in [-0.15, -0.1) is 11.3 Å². The van der Waals surface area contributed by atoms with Crippen LogP contribution in [0, 0.1) is 6.92 Å². The fourth-order valence-corrected chi connectivity index (χ4v) is 2.58. The van der Waals surface area contributed by atoms with Gasteiger partial charge in [-0.05, 0) is 6.92 Å².